The van der Waals surface area contributed by atoms with Crippen LogP contribution in [0.4, 0.5) is 5.69 Å². The number of fused-ring (bicyclic) bond motifs is 1. The number of aromatic nitrogens is 1. The third-order valence-electron chi connectivity index (χ3n) is 4.93. The highest BCUT2D eigenvalue weighted by Crippen LogP contribution is 2.24. The zero-order valence-corrected chi connectivity index (χ0v) is 17.9. The van der Waals surface area contributed by atoms with Crippen LogP contribution >= 0.6 is 11.8 Å². The van der Waals surface area contributed by atoms with Crippen molar-refractivity contribution >= 4 is 40.2 Å². The van der Waals surface area contributed by atoms with Crippen LogP contribution in [0.2, 0.25) is 0 Å². The van der Waals surface area contributed by atoms with Gasteiger partial charge in [0.2, 0.25) is 0 Å². The number of carbonyl (C=O) groups excluding carboxylic acids is 2. The molecule has 4 rings (SSSR count). The van der Waals surface area contributed by atoms with Crippen LogP contribution in [0.25, 0.3) is 10.9 Å². The summed E-state index contributed by atoms with van der Waals surface area (Å²) in [7, 11) is 1.64. The number of hydrogen-bond donors (Lipinski definition) is 3. The average Bonchev–Trinajstić information content (AvgIpc) is 3.22. The van der Waals surface area contributed by atoms with Crippen LogP contribution in [0, 0.1) is 0 Å². The number of ether oxygens (including phenoxy) is 2. The molecule has 0 unspecified atom stereocenters. The summed E-state index contributed by atoms with van der Waals surface area (Å²) in [5.74, 6) is 1.50. The van der Waals surface area contributed by atoms with E-state index in [-0.39, 0.29) is 11.8 Å². The van der Waals surface area contributed by atoms with E-state index in [1.54, 1.807) is 48.5 Å². The molecule has 1 aliphatic heterocycles. The summed E-state index contributed by atoms with van der Waals surface area (Å²) in [4.78, 5) is 27.9. The number of benzene rings is 2. The normalized spacial score (nSPS) is 13.3. The fourth-order valence-corrected chi connectivity index (χ4v) is 3.91. The van der Waals surface area contributed by atoms with E-state index in [1.807, 2.05) is 24.4 Å². The van der Waals surface area contributed by atoms with Gasteiger partial charge in [-0.15, -0.1) is 11.8 Å². The lowest BCUT2D eigenvalue weighted by Crippen LogP contribution is -2.25. The average molecular weight is 438 g/mol. The molecule has 2 heterocycles. The summed E-state index contributed by atoms with van der Waals surface area (Å²) >= 11 is 1.55. The smallest absolute Gasteiger partial charge is 0.291 e. The summed E-state index contributed by atoms with van der Waals surface area (Å²) in [5, 5.41) is 8.51. The summed E-state index contributed by atoms with van der Waals surface area (Å²) < 4.78 is 10.6. The summed E-state index contributed by atoms with van der Waals surface area (Å²) in [6, 6.07) is 12.7. The van der Waals surface area contributed by atoms with Crippen molar-refractivity contribution in [1.82, 2.24) is 10.3 Å². The van der Waals surface area contributed by atoms with Gasteiger partial charge in [0.05, 0.1) is 13.7 Å². The summed E-state index contributed by atoms with van der Waals surface area (Å²) in [5.41, 5.74) is 3.29. The Morgan fingerprint density at radius 1 is 1.16 bits per heavy atom. The van der Waals surface area contributed by atoms with Crippen LogP contribution < -0.4 is 15.4 Å². The second-order valence-corrected chi connectivity index (χ2v) is 7.94. The number of rotatable bonds is 7. The molecule has 0 saturated heterocycles. The van der Waals surface area contributed by atoms with Crippen molar-refractivity contribution in [2.45, 2.75) is 6.42 Å². The number of thioether (sulfide) groups is 1. The van der Waals surface area contributed by atoms with Gasteiger partial charge in [-0.25, -0.2) is 0 Å². The van der Waals surface area contributed by atoms with E-state index >= 15 is 0 Å². The van der Waals surface area contributed by atoms with Gasteiger partial charge in [0.15, 0.2) is 5.76 Å². The molecule has 0 saturated carbocycles. The van der Waals surface area contributed by atoms with E-state index in [2.05, 4.69) is 15.6 Å². The van der Waals surface area contributed by atoms with E-state index in [9.17, 15) is 9.59 Å². The highest BCUT2D eigenvalue weighted by atomic mass is 32.2. The third-order valence-corrected chi connectivity index (χ3v) is 5.72. The van der Waals surface area contributed by atoms with Crippen LogP contribution in [-0.4, -0.2) is 42.8 Å². The number of aromatic amines is 1. The topological polar surface area (TPSA) is 92.5 Å². The van der Waals surface area contributed by atoms with Crippen LogP contribution in [0.3, 0.4) is 0 Å². The number of methoxy groups -OCH3 is 1. The van der Waals surface area contributed by atoms with Crippen molar-refractivity contribution in [1.29, 1.82) is 0 Å². The standard InChI is InChI=1S/C23H23N3O4S/c1-29-18-6-7-20-19(12-18)16(13-25-20)8-9-24-22(27)15-2-4-17(5-3-15)26-23(28)21-14-31-11-10-30-21/h2-7,12-14,25H,8-11H2,1H3,(H,24,27)(H,26,28). The fraction of sp³-hybridized carbons (Fsp3) is 0.217. The Hall–Kier alpha value is -3.39. The first-order valence-corrected chi connectivity index (χ1v) is 11.0. The molecule has 1 aromatic heterocycles. The lowest BCUT2D eigenvalue weighted by Gasteiger charge is -2.14. The minimum Gasteiger partial charge on any atom is -0.497 e. The van der Waals surface area contributed by atoms with Crippen molar-refractivity contribution in [3.8, 4) is 5.75 Å². The second-order valence-electron chi connectivity index (χ2n) is 6.96. The molecular formula is C23H23N3O4S. The fourth-order valence-electron chi connectivity index (χ4n) is 3.29. The molecule has 7 nitrogen and oxygen atoms in total. The Morgan fingerprint density at radius 3 is 2.74 bits per heavy atom. The number of H-pyrrole nitrogens is 1. The minimum atomic E-state index is -0.292. The first-order chi connectivity index (χ1) is 15.1. The Bertz CT molecular complexity index is 1120. The van der Waals surface area contributed by atoms with E-state index in [0.29, 0.717) is 36.6 Å². The van der Waals surface area contributed by atoms with Gasteiger partial charge in [0.25, 0.3) is 11.8 Å². The van der Waals surface area contributed by atoms with Gasteiger partial charge in [-0.1, -0.05) is 0 Å². The zero-order chi connectivity index (χ0) is 21.6. The van der Waals surface area contributed by atoms with Crippen molar-refractivity contribution in [3.05, 3.63) is 71.0 Å². The molecule has 0 bridgehead atoms. The maximum atomic E-state index is 12.5. The van der Waals surface area contributed by atoms with E-state index in [1.165, 1.54) is 0 Å². The largest absolute Gasteiger partial charge is 0.497 e. The molecule has 31 heavy (non-hydrogen) atoms. The van der Waals surface area contributed by atoms with Crippen LogP contribution in [0.1, 0.15) is 15.9 Å². The van der Waals surface area contributed by atoms with Crippen molar-refractivity contribution < 1.29 is 19.1 Å². The van der Waals surface area contributed by atoms with Gasteiger partial charge < -0.3 is 25.1 Å². The van der Waals surface area contributed by atoms with Gasteiger partial charge in [-0.05, 0) is 54.4 Å². The van der Waals surface area contributed by atoms with Gasteiger partial charge in [-0.2, -0.15) is 0 Å². The maximum absolute atomic E-state index is 12.5. The molecule has 8 heteroatoms. The molecule has 0 fully saturated rings. The Labute approximate surface area is 184 Å². The van der Waals surface area contributed by atoms with Crippen LogP contribution in [-0.2, 0) is 16.0 Å². The molecular weight excluding hydrogens is 414 g/mol. The second kappa shape index (κ2) is 9.61. The Balaban J connectivity index is 1.31. The van der Waals surface area contributed by atoms with Crippen molar-refractivity contribution in [2.24, 2.45) is 0 Å². The Morgan fingerprint density at radius 2 is 2.00 bits per heavy atom. The monoisotopic (exact) mass is 437 g/mol. The highest BCUT2D eigenvalue weighted by Gasteiger charge is 2.15. The molecule has 1 aliphatic rings. The molecule has 2 amide bonds. The summed E-state index contributed by atoms with van der Waals surface area (Å²) in [6.45, 7) is 1.03. The Kier molecular flexibility index (Phi) is 6.47. The molecule has 0 atom stereocenters. The quantitative estimate of drug-likeness (QED) is 0.524. The van der Waals surface area contributed by atoms with Crippen molar-refractivity contribution in [3.63, 3.8) is 0 Å². The molecule has 2 aromatic carbocycles. The van der Waals surface area contributed by atoms with Gasteiger partial charge in [-0.3, -0.25) is 9.59 Å². The highest BCUT2D eigenvalue weighted by molar-refractivity contribution is 8.02. The van der Waals surface area contributed by atoms with Gasteiger partial charge in [0.1, 0.15) is 5.75 Å². The molecule has 3 N–H and O–H groups in total. The number of hydrogen-bond acceptors (Lipinski definition) is 5. The first kappa shape index (κ1) is 20.9. The molecule has 0 radical (unpaired) electrons. The summed E-state index contributed by atoms with van der Waals surface area (Å²) in [6.07, 6.45) is 2.65. The molecule has 0 spiro atoms. The lowest BCUT2D eigenvalue weighted by molar-refractivity contribution is -0.116. The number of amides is 2. The maximum Gasteiger partial charge on any atom is 0.291 e. The van der Waals surface area contributed by atoms with E-state index in [4.69, 9.17) is 9.47 Å². The number of anilines is 1. The lowest BCUT2D eigenvalue weighted by atomic mass is 10.1. The molecule has 0 aliphatic carbocycles. The predicted octanol–water partition coefficient (Wildman–Crippen LogP) is 3.69. The number of carbonyl (C=O) groups is 2. The van der Waals surface area contributed by atoms with E-state index in [0.717, 1.165) is 28.0 Å². The molecule has 3 aromatic rings. The minimum absolute atomic E-state index is 0.162. The first-order valence-electron chi connectivity index (χ1n) is 9.92. The third kappa shape index (κ3) is 5.03. The van der Waals surface area contributed by atoms with E-state index < -0.39 is 0 Å². The molecule has 160 valence electrons. The van der Waals surface area contributed by atoms with Gasteiger partial charge in [0, 0.05) is 46.1 Å². The zero-order valence-electron chi connectivity index (χ0n) is 17.1. The predicted molar refractivity (Wildman–Crippen MR) is 122 cm³/mol. The van der Waals surface area contributed by atoms with Crippen LogP contribution in [0.5, 0.6) is 5.75 Å². The van der Waals surface area contributed by atoms with Crippen molar-refractivity contribution in [2.75, 3.05) is 31.3 Å². The number of nitrogens with one attached hydrogen (secondary N) is 3. The van der Waals surface area contributed by atoms with Crippen LogP contribution in [0.15, 0.2) is 59.8 Å². The SMILES string of the molecule is COc1ccc2[nH]cc(CCNC(=O)c3ccc(NC(=O)C4=CSCCO4)cc3)c2c1. The van der Waals surface area contributed by atoms with Gasteiger partial charge >= 0.3 is 0 Å².